The molecule has 0 aliphatic carbocycles. The second-order valence-corrected chi connectivity index (χ2v) is 7.61. The molecule has 0 fully saturated rings. The summed E-state index contributed by atoms with van der Waals surface area (Å²) in [5.74, 6) is 0.878. The fourth-order valence-electron chi connectivity index (χ4n) is 3.42. The van der Waals surface area contributed by atoms with Crippen molar-refractivity contribution in [2.75, 3.05) is 6.61 Å². The first kappa shape index (κ1) is 23.1. The Labute approximate surface area is 174 Å². The Bertz CT molecular complexity index is 700. The van der Waals surface area contributed by atoms with Crippen molar-refractivity contribution < 1.29 is 13.5 Å². The Balaban J connectivity index is 1.61. The summed E-state index contributed by atoms with van der Waals surface area (Å²) >= 11 is 0. The zero-order chi connectivity index (χ0) is 20.7. The van der Waals surface area contributed by atoms with Crippen molar-refractivity contribution in [3.63, 3.8) is 0 Å². The SMILES string of the molecule is CCCCCCCCCCCCOc1ccc(-c2ccc(C=C(F)F)cc2)cc1. The van der Waals surface area contributed by atoms with Gasteiger partial charge in [0.15, 0.2) is 0 Å². The molecule has 0 aliphatic rings. The Morgan fingerprint density at radius 3 is 1.69 bits per heavy atom. The molecule has 0 N–H and O–H groups in total. The molecule has 0 aromatic heterocycles. The normalized spacial score (nSPS) is 10.7. The Morgan fingerprint density at radius 1 is 0.690 bits per heavy atom. The zero-order valence-electron chi connectivity index (χ0n) is 17.6. The number of hydrogen-bond acceptors (Lipinski definition) is 1. The van der Waals surface area contributed by atoms with Crippen LogP contribution >= 0.6 is 0 Å². The third-order valence-electron chi connectivity index (χ3n) is 5.14. The van der Waals surface area contributed by atoms with Gasteiger partial charge in [-0.3, -0.25) is 0 Å². The smallest absolute Gasteiger partial charge is 0.270 e. The van der Waals surface area contributed by atoms with Gasteiger partial charge in [0.1, 0.15) is 5.75 Å². The van der Waals surface area contributed by atoms with E-state index in [1.165, 1.54) is 57.8 Å². The predicted octanol–water partition coefficient (Wildman–Crippen LogP) is 8.89. The molecule has 0 saturated heterocycles. The van der Waals surface area contributed by atoms with Crippen molar-refractivity contribution >= 4 is 6.08 Å². The van der Waals surface area contributed by atoms with Gasteiger partial charge in [0.25, 0.3) is 6.08 Å². The molecule has 0 aliphatic heterocycles. The Hall–Kier alpha value is -2.16. The molecule has 3 heteroatoms. The van der Waals surface area contributed by atoms with E-state index in [1.54, 1.807) is 12.1 Å². The number of benzene rings is 2. The van der Waals surface area contributed by atoms with Gasteiger partial charge in [-0.05, 0) is 35.2 Å². The van der Waals surface area contributed by atoms with Gasteiger partial charge in [0.2, 0.25) is 0 Å². The van der Waals surface area contributed by atoms with Crippen LogP contribution in [0.1, 0.15) is 76.7 Å². The number of hydrogen-bond donors (Lipinski definition) is 0. The molecule has 29 heavy (non-hydrogen) atoms. The van der Waals surface area contributed by atoms with E-state index in [9.17, 15) is 8.78 Å². The highest BCUT2D eigenvalue weighted by Gasteiger charge is 2.00. The van der Waals surface area contributed by atoms with Crippen LogP contribution in [0.5, 0.6) is 5.75 Å². The molecule has 0 heterocycles. The summed E-state index contributed by atoms with van der Waals surface area (Å²) in [5, 5.41) is 0. The highest BCUT2D eigenvalue weighted by atomic mass is 19.3. The minimum Gasteiger partial charge on any atom is -0.494 e. The van der Waals surface area contributed by atoms with Crippen LogP contribution in [0.3, 0.4) is 0 Å². The van der Waals surface area contributed by atoms with Gasteiger partial charge in [-0.15, -0.1) is 0 Å². The third kappa shape index (κ3) is 9.74. The topological polar surface area (TPSA) is 9.23 Å². The molecule has 2 aromatic rings. The fourth-order valence-corrected chi connectivity index (χ4v) is 3.42. The first-order valence-electron chi connectivity index (χ1n) is 11.0. The van der Waals surface area contributed by atoms with E-state index in [4.69, 9.17) is 4.74 Å². The maximum absolute atomic E-state index is 12.3. The lowest BCUT2D eigenvalue weighted by atomic mass is 10.0. The van der Waals surface area contributed by atoms with Crippen LogP contribution in [0.4, 0.5) is 8.78 Å². The molecule has 0 atom stereocenters. The van der Waals surface area contributed by atoms with Crippen LogP contribution in [0.15, 0.2) is 54.6 Å². The quantitative estimate of drug-likeness (QED) is 0.288. The van der Waals surface area contributed by atoms with Crippen LogP contribution in [0.2, 0.25) is 0 Å². The van der Waals surface area contributed by atoms with Gasteiger partial charge >= 0.3 is 0 Å². The molecular formula is C26H34F2O. The summed E-state index contributed by atoms with van der Waals surface area (Å²) < 4.78 is 30.4. The lowest BCUT2D eigenvalue weighted by molar-refractivity contribution is 0.304. The molecule has 158 valence electrons. The summed E-state index contributed by atoms with van der Waals surface area (Å²) in [6.07, 6.45) is 12.4. The fraction of sp³-hybridized carbons (Fsp3) is 0.462. The number of unbranched alkanes of at least 4 members (excludes halogenated alkanes) is 9. The van der Waals surface area contributed by atoms with E-state index in [1.807, 2.05) is 36.4 Å². The second-order valence-electron chi connectivity index (χ2n) is 7.61. The van der Waals surface area contributed by atoms with Crippen molar-refractivity contribution in [3.8, 4) is 16.9 Å². The Kier molecular flexibility index (Phi) is 11.1. The molecule has 0 spiro atoms. The average Bonchev–Trinajstić information content (AvgIpc) is 2.73. The van der Waals surface area contributed by atoms with E-state index < -0.39 is 6.08 Å². The highest BCUT2D eigenvalue weighted by molar-refractivity contribution is 5.66. The minimum atomic E-state index is -1.68. The molecular weight excluding hydrogens is 366 g/mol. The average molecular weight is 401 g/mol. The molecule has 2 aromatic carbocycles. The number of halogens is 2. The second kappa shape index (κ2) is 13.9. The van der Waals surface area contributed by atoms with Crippen molar-refractivity contribution in [2.45, 2.75) is 71.1 Å². The van der Waals surface area contributed by atoms with Gasteiger partial charge in [-0.2, -0.15) is 8.78 Å². The van der Waals surface area contributed by atoms with E-state index in [0.717, 1.165) is 36.0 Å². The first-order chi connectivity index (χ1) is 14.2. The lowest BCUT2D eigenvalue weighted by Gasteiger charge is -2.08. The number of ether oxygens (including phenoxy) is 1. The van der Waals surface area contributed by atoms with Crippen molar-refractivity contribution in [2.24, 2.45) is 0 Å². The molecule has 0 amide bonds. The number of rotatable bonds is 14. The van der Waals surface area contributed by atoms with E-state index in [-0.39, 0.29) is 0 Å². The molecule has 0 radical (unpaired) electrons. The standard InChI is InChI=1S/C26H34F2O/c1-2-3-4-5-6-7-8-9-10-11-20-29-25-18-16-24(17-19-25)23-14-12-22(13-15-23)21-26(27)28/h12-19,21H,2-11,20H2,1H3. The van der Waals surface area contributed by atoms with E-state index >= 15 is 0 Å². The van der Waals surface area contributed by atoms with Gasteiger partial charge in [0.05, 0.1) is 6.61 Å². The molecule has 0 unspecified atom stereocenters. The van der Waals surface area contributed by atoms with Gasteiger partial charge in [-0.25, -0.2) is 0 Å². The summed E-state index contributed by atoms with van der Waals surface area (Å²) in [4.78, 5) is 0. The Morgan fingerprint density at radius 2 is 1.17 bits per heavy atom. The molecule has 2 rings (SSSR count). The summed E-state index contributed by atoms with van der Waals surface area (Å²) in [7, 11) is 0. The third-order valence-corrected chi connectivity index (χ3v) is 5.14. The van der Waals surface area contributed by atoms with E-state index in [2.05, 4.69) is 6.92 Å². The molecule has 0 saturated carbocycles. The molecule has 0 bridgehead atoms. The van der Waals surface area contributed by atoms with Crippen molar-refractivity contribution in [1.29, 1.82) is 0 Å². The molecule has 1 nitrogen and oxygen atoms in total. The van der Waals surface area contributed by atoms with Gasteiger partial charge < -0.3 is 4.74 Å². The largest absolute Gasteiger partial charge is 0.494 e. The minimum absolute atomic E-state index is 0.505. The first-order valence-corrected chi connectivity index (χ1v) is 11.0. The van der Waals surface area contributed by atoms with Crippen molar-refractivity contribution in [1.82, 2.24) is 0 Å². The van der Waals surface area contributed by atoms with Crippen molar-refractivity contribution in [3.05, 3.63) is 60.2 Å². The summed E-state index contributed by atoms with van der Waals surface area (Å²) in [5.41, 5.74) is 2.56. The van der Waals surface area contributed by atoms with Crippen LogP contribution in [0, 0.1) is 0 Å². The summed E-state index contributed by atoms with van der Waals surface area (Å²) in [6.45, 7) is 3.01. The van der Waals surface area contributed by atoms with Gasteiger partial charge in [0, 0.05) is 6.08 Å². The maximum atomic E-state index is 12.3. The van der Waals surface area contributed by atoms with Crippen LogP contribution in [-0.4, -0.2) is 6.61 Å². The monoisotopic (exact) mass is 400 g/mol. The van der Waals surface area contributed by atoms with Gasteiger partial charge in [-0.1, -0.05) is 101 Å². The van der Waals surface area contributed by atoms with Crippen LogP contribution < -0.4 is 4.74 Å². The van der Waals surface area contributed by atoms with Crippen LogP contribution in [-0.2, 0) is 0 Å². The van der Waals surface area contributed by atoms with Crippen LogP contribution in [0.25, 0.3) is 17.2 Å². The summed E-state index contributed by atoms with van der Waals surface area (Å²) in [6, 6.07) is 15.1. The highest BCUT2D eigenvalue weighted by Crippen LogP contribution is 2.24. The lowest BCUT2D eigenvalue weighted by Crippen LogP contribution is -1.97. The maximum Gasteiger partial charge on any atom is 0.270 e. The zero-order valence-corrected chi connectivity index (χ0v) is 17.6. The van der Waals surface area contributed by atoms with E-state index in [0.29, 0.717) is 5.56 Å². The predicted molar refractivity (Wildman–Crippen MR) is 119 cm³/mol.